The number of rotatable bonds is 3. The third-order valence-electron chi connectivity index (χ3n) is 2.07. The molecule has 0 unspecified atom stereocenters. The molecule has 1 aromatic carbocycles. The molecule has 1 nitrogen and oxygen atoms in total. The van der Waals surface area contributed by atoms with Crippen molar-refractivity contribution in [3.05, 3.63) is 29.3 Å². The molecule has 0 saturated heterocycles. The number of methoxy groups -OCH3 is 1. The summed E-state index contributed by atoms with van der Waals surface area (Å²) < 4.78 is 6.38. The van der Waals surface area contributed by atoms with Gasteiger partial charge in [-0.1, -0.05) is 48.6 Å². The van der Waals surface area contributed by atoms with Gasteiger partial charge in [0.25, 0.3) is 0 Å². The molecule has 1 aromatic rings. The highest BCUT2D eigenvalue weighted by molar-refractivity contribution is 14.1. The fourth-order valence-electron chi connectivity index (χ4n) is 1.32. The third-order valence-corrected chi connectivity index (χ3v) is 2.95. The largest absolute Gasteiger partial charge is 0.496 e. The molecule has 0 radical (unpaired) electrons. The molecule has 0 amide bonds. The Balaban J connectivity index is 3.08. The van der Waals surface area contributed by atoms with Crippen LogP contribution >= 0.6 is 22.6 Å². The Morgan fingerprint density at radius 2 is 2.08 bits per heavy atom. The van der Waals surface area contributed by atoms with E-state index >= 15 is 0 Å². The lowest BCUT2D eigenvalue weighted by molar-refractivity contribution is 0.407. The average Bonchev–Trinajstić information content (AvgIpc) is 2.16. The molecule has 13 heavy (non-hydrogen) atoms. The highest BCUT2D eigenvalue weighted by Gasteiger charge is 2.06. The Kier molecular flexibility index (Phi) is 4.03. The zero-order valence-electron chi connectivity index (χ0n) is 8.30. The summed E-state index contributed by atoms with van der Waals surface area (Å²) >= 11 is 2.36. The molecular formula is C11H15IO. The Morgan fingerprint density at radius 3 is 2.54 bits per heavy atom. The second-order valence-corrected chi connectivity index (χ2v) is 4.13. The molecule has 0 aliphatic rings. The maximum Gasteiger partial charge on any atom is 0.122 e. The van der Waals surface area contributed by atoms with Gasteiger partial charge < -0.3 is 4.74 Å². The minimum Gasteiger partial charge on any atom is -0.496 e. The molecule has 0 bridgehead atoms. The van der Waals surface area contributed by atoms with Crippen molar-refractivity contribution in [3.63, 3.8) is 0 Å². The summed E-state index contributed by atoms with van der Waals surface area (Å²) in [6.07, 6.45) is 0. The van der Waals surface area contributed by atoms with Crippen molar-refractivity contribution in [2.45, 2.75) is 24.2 Å². The van der Waals surface area contributed by atoms with Crippen LogP contribution in [-0.4, -0.2) is 7.11 Å². The van der Waals surface area contributed by atoms with Gasteiger partial charge in [-0.25, -0.2) is 0 Å². The molecule has 2 heteroatoms. The van der Waals surface area contributed by atoms with Crippen LogP contribution < -0.4 is 4.74 Å². The molecule has 0 saturated carbocycles. The number of benzene rings is 1. The summed E-state index contributed by atoms with van der Waals surface area (Å²) in [7, 11) is 1.73. The van der Waals surface area contributed by atoms with Gasteiger partial charge in [-0.2, -0.15) is 0 Å². The summed E-state index contributed by atoms with van der Waals surface area (Å²) in [5.41, 5.74) is 2.61. The van der Waals surface area contributed by atoms with E-state index in [0.29, 0.717) is 5.92 Å². The van der Waals surface area contributed by atoms with E-state index in [1.165, 1.54) is 11.1 Å². The van der Waals surface area contributed by atoms with Crippen molar-refractivity contribution in [2.24, 2.45) is 0 Å². The van der Waals surface area contributed by atoms with Gasteiger partial charge in [0, 0.05) is 4.43 Å². The van der Waals surface area contributed by atoms with E-state index in [1.54, 1.807) is 7.11 Å². The van der Waals surface area contributed by atoms with Crippen LogP contribution in [0.2, 0.25) is 0 Å². The predicted octanol–water partition coefficient (Wildman–Crippen LogP) is 3.75. The molecule has 0 aliphatic heterocycles. The van der Waals surface area contributed by atoms with Crippen LogP contribution in [-0.2, 0) is 4.43 Å². The van der Waals surface area contributed by atoms with Crippen molar-refractivity contribution < 1.29 is 4.74 Å². The number of halogens is 1. The van der Waals surface area contributed by atoms with Crippen LogP contribution in [0.15, 0.2) is 18.2 Å². The third kappa shape index (κ3) is 2.59. The number of ether oxygens (including phenoxy) is 1. The van der Waals surface area contributed by atoms with Crippen LogP contribution in [0.1, 0.15) is 30.9 Å². The zero-order chi connectivity index (χ0) is 9.84. The summed E-state index contributed by atoms with van der Waals surface area (Å²) in [6, 6.07) is 6.46. The lowest BCUT2D eigenvalue weighted by Gasteiger charge is -2.12. The summed E-state index contributed by atoms with van der Waals surface area (Å²) in [5.74, 6) is 1.54. The molecule has 72 valence electrons. The molecule has 0 heterocycles. The fourth-order valence-corrected chi connectivity index (χ4v) is 1.79. The average molecular weight is 290 g/mol. The molecule has 0 aromatic heterocycles. The molecule has 0 spiro atoms. The Bertz CT molecular complexity index is 281. The van der Waals surface area contributed by atoms with E-state index in [0.717, 1.165) is 10.2 Å². The van der Waals surface area contributed by atoms with Crippen molar-refractivity contribution in [2.75, 3.05) is 7.11 Å². The van der Waals surface area contributed by atoms with Crippen molar-refractivity contribution in [1.29, 1.82) is 0 Å². The highest BCUT2D eigenvalue weighted by Crippen LogP contribution is 2.27. The maximum absolute atomic E-state index is 5.35. The van der Waals surface area contributed by atoms with Crippen molar-refractivity contribution in [3.8, 4) is 5.75 Å². The number of hydrogen-bond acceptors (Lipinski definition) is 1. The molecule has 0 fully saturated rings. The minimum absolute atomic E-state index is 0.526. The lowest BCUT2D eigenvalue weighted by Crippen LogP contribution is -1.95. The second kappa shape index (κ2) is 4.84. The van der Waals surface area contributed by atoms with E-state index in [2.05, 4.69) is 54.6 Å². The van der Waals surface area contributed by atoms with Crippen LogP contribution in [0, 0.1) is 0 Å². The standard InChI is InChI=1S/C11H15IO/c1-8(2)10-5-4-9(7-12)6-11(10)13-3/h4-6,8H,7H2,1-3H3. The number of alkyl halides is 1. The topological polar surface area (TPSA) is 9.23 Å². The van der Waals surface area contributed by atoms with Gasteiger partial charge in [-0.05, 0) is 23.1 Å². The first kappa shape index (κ1) is 10.8. The van der Waals surface area contributed by atoms with Gasteiger partial charge in [0.05, 0.1) is 7.11 Å². The van der Waals surface area contributed by atoms with Crippen molar-refractivity contribution in [1.82, 2.24) is 0 Å². The first-order valence-electron chi connectivity index (χ1n) is 4.41. The van der Waals surface area contributed by atoms with E-state index in [1.807, 2.05) is 0 Å². The van der Waals surface area contributed by atoms with Crippen LogP contribution in [0.25, 0.3) is 0 Å². The first-order chi connectivity index (χ1) is 6.19. The van der Waals surface area contributed by atoms with Gasteiger partial charge in [0.1, 0.15) is 5.75 Å². The quantitative estimate of drug-likeness (QED) is 0.608. The van der Waals surface area contributed by atoms with E-state index in [4.69, 9.17) is 4.74 Å². The zero-order valence-corrected chi connectivity index (χ0v) is 10.5. The summed E-state index contributed by atoms with van der Waals surface area (Å²) in [4.78, 5) is 0. The smallest absolute Gasteiger partial charge is 0.122 e. The van der Waals surface area contributed by atoms with Gasteiger partial charge in [0.15, 0.2) is 0 Å². The van der Waals surface area contributed by atoms with E-state index in [-0.39, 0.29) is 0 Å². The monoisotopic (exact) mass is 290 g/mol. The molecule has 0 N–H and O–H groups in total. The molecule has 0 aliphatic carbocycles. The lowest BCUT2D eigenvalue weighted by atomic mass is 10.0. The van der Waals surface area contributed by atoms with Gasteiger partial charge in [-0.3, -0.25) is 0 Å². The predicted molar refractivity (Wildman–Crippen MR) is 64.8 cm³/mol. The molecular weight excluding hydrogens is 275 g/mol. The van der Waals surface area contributed by atoms with Crippen molar-refractivity contribution >= 4 is 22.6 Å². The van der Waals surface area contributed by atoms with Gasteiger partial charge in [0.2, 0.25) is 0 Å². The van der Waals surface area contributed by atoms with Gasteiger partial charge in [-0.15, -0.1) is 0 Å². The van der Waals surface area contributed by atoms with Crippen LogP contribution in [0.4, 0.5) is 0 Å². The van der Waals surface area contributed by atoms with Crippen LogP contribution in [0.3, 0.4) is 0 Å². The Labute approximate surface area is 93.6 Å². The van der Waals surface area contributed by atoms with Gasteiger partial charge >= 0.3 is 0 Å². The number of hydrogen-bond donors (Lipinski definition) is 0. The van der Waals surface area contributed by atoms with E-state index in [9.17, 15) is 0 Å². The summed E-state index contributed by atoms with van der Waals surface area (Å²) in [5, 5.41) is 0. The minimum atomic E-state index is 0.526. The second-order valence-electron chi connectivity index (χ2n) is 3.36. The summed E-state index contributed by atoms with van der Waals surface area (Å²) in [6.45, 7) is 4.36. The SMILES string of the molecule is COc1cc(CI)ccc1C(C)C. The Morgan fingerprint density at radius 1 is 1.38 bits per heavy atom. The highest BCUT2D eigenvalue weighted by atomic mass is 127. The van der Waals surface area contributed by atoms with E-state index < -0.39 is 0 Å². The maximum atomic E-state index is 5.35. The normalized spacial score (nSPS) is 10.5. The Hall–Kier alpha value is -0.250. The molecule has 1 rings (SSSR count). The first-order valence-corrected chi connectivity index (χ1v) is 5.94. The van der Waals surface area contributed by atoms with Crippen LogP contribution in [0.5, 0.6) is 5.75 Å². The molecule has 0 atom stereocenters. The fraction of sp³-hybridized carbons (Fsp3) is 0.455.